The number of halogens is 1. The lowest BCUT2D eigenvalue weighted by atomic mass is 9.95. The Morgan fingerprint density at radius 3 is 2.47 bits per heavy atom. The number of ether oxygens (including phenoxy) is 2. The zero-order valence-electron chi connectivity index (χ0n) is 20.1. The molecule has 2 fully saturated rings. The molecule has 2 heterocycles. The Bertz CT molecular complexity index is 1060. The number of anilines is 1. The van der Waals surface area contributed by atoms with Crippen LogP contribution >= 0.6 is 0 Å². The number of benzene rings is 2. The second-order valence-electron chi connectivity index (χ2n) is 9.87. The molecule has 0 saturated carbocycles. The van der Waals surface area contributed by atoms with Gasteiger partial charge in [-0.25, -0.2) is 9.18 Å². The van der Waals surface area contributed by atoms with Crippen molar-refractivity contribution in [1.29, 1.82) is 0 Å². The lowest BCUT2D eigenvalue weighted by Gasteiger charge is -2.44. The zero-order chi connectivity index (χ0) is 25.1. The summed E-state index contributed by atoms with van der Waals surface area (Å²) in [5, 5.41) is 16.2. The molecular weight excluding hydrogens is 465 g/mol. The summed E-state index contributed by atoms with van der Waals surface area (Å²) < 4.78 is 25.1. The van der Waals surface area contributed by atoms with Crippen LogP contribution < -0.4 is 10.6 Å². The van der Waals surface area contributed by atoms with E-state index < -0.39 is 18.2 Å². The molecule has 3 amide bonds. The van der Waals surface area contributed by atoms with Crippen LogP contribution in [0.4, 0.5) is 14.9 Å². The van der Waals surface area contributed by atoms with E-state index in [0.717, 1.165) is 12.8 Å². The quantitative estimate of drug-likeness (QED) is 0.603. The van der Waals surface area contributed by atoms with E-state index in [-0.39, 0.29) is 56.1 Å². The third kappa shape index (κ3) is 5.86. The SMILES string of the molecule is O=C(C[C@@H]1CC[C@@H]2[C@H](COC[C@@H](O)CN2C(=O)Nc2ccc(F)cc2)O1)NC1Cc2ccccc2C1. The van der Waals surface area contributed by atoms with Crippen molar-refractivity contribution < 1.29 is 28.6 Å². The molecule has 192 valence electrons. The highest BCUT2D eigenvalue weighted by molar-refractivity contribution is 5.89. The average Bonchev–Trinajstić information content (AvgIpc) is 3.25. The average molecular weight is 498 g/mol. The van der Waals surface area contributed by atoms with Crippen molar-refractivity contribution in [3.63, 3.8) is 0 Å². The van der Waals surface area contributed by atoms with Gasteiger partial charge in [0.25, 0.3) is 0 Å². The minimum Gasteiger partial charge on any atom is -0.389 e. The molecule has 0 unspecified atom stereocenters. The van der Waals surface area contributed by atoms with Gasteiger partial charge in [-0.05, 0) is 61.1 Å². The van der Waals surface area contributed by atoms with E-state index in [0.29, 0.717) is 18.5 Å². The summed E-state index contributed by atoms with van der Waals surface area (Å²) in [6, 6.07) is 13.2. The van der Waals surface area contributed by atoms with Crippen LogP contribution in [-0.2, 0) is 27.1 Å². The highest BCUT2D eigenvalue weighted by atomic mass is 19.1. The lowest BCUT2D eigenvalue weighted by Crippen LogP contribution is -2.58. The van der Waals surface area contributed by atoms with Crippen LogP contribution in [0.3, 0.4) is 0 Å². The molecule has 0 aromatic heterocycles. The maximum absolute atomic E-state index is 13.2. The fraction of sp³-hybridized carbons (Fsp3) is 0.481. The minimum atomic E-state index is -0.830. The molecule has 3 aliphatic rings. The van der Waals surface area contributed by atoms with Gasteiger partial charge in [0.05, 0.1) is 44.4 Å². The molecule has 5 rings (SSSR count). The van der Waals surface area contributed by atoms with Gasteiger partial charge in [0.2, 0.25) is 5.91 Å². The van der Waals surface area contributed by atoms with Crippen molar-refractivity contribution in [2.45, 2.75) is 62.5 Å². The van der Waals surface area contributed by atoms with Crippen molar-refractivity contribution in [3.8, 4) is 0 Å². The highest BCUT2D eigenvalue weighted by Crippen LogP contribution is 2.29. The van der Waals surface area contributed by atoms with Crippen molar-refractivity contribution in [2.75, 3.05) is 25.1 Å². The topological polar surface area (TPSA) is 100 Å². The van der Waals surface area contributed by atoms with Crippen molar-refractivity contribution in [1.82, 2.24) is 10.2 Å². The summed E-state index contributed by atoms with van der Waals surface area (Å²) in [7, 11) is 0. The van der Waals surface area contributed by atoms with Crippen LogP contribution in [0.1, 0.15) is 30.4 Å². The first kappa shape index (κ1) is 24.7. The first-order valence-corrected chi connectivity index (χ1v) is 12.5. The molecule has 3 N–H and O–H groups in total. The molecule has 2 aromatic rings. The van der Waals surface area contributed by atoms with E-state index in [1.807, 2.05) is 12.1 Å². The second kappa shape index (κ2) is 10.9. The monoisotopic (exact) mass is 497 g/mol. The number of rotatable bonds is 4. The van der Waals surface area contributed by atoms with Crippen molar-refractivity contribution in [2.24, 2.45) is 0 Å². The van der Waals surface area contributed by atoms with Gasteiger partial charge < -0.3 is 30.1 Å². The number of urea groups is 1. The molecule has 2 aromatic carbocycles. The van der Waals surface area contributed by atoms with Crippen LogP contribution in [0, 0.1) is 5.82 Å². The number of hydrogen-bond donors (Lipinski definition) is 3. The second-order valence-corrected chi connectivity index (χ2v) is 9.87. The first-order valence-electron chi connectivity index (χ1n) is 12.5. The molecule has 2 aliphatic heterocycles. The van der Waals surface area contributed by atoms with E-state index in [1.54, 1.807) is 4.90 Å². The van der Waals surface area contributed by atoms with Crippen LogP contribution in [0.15, 0.2) is 48.5 Å². The Morgan fingerprint density at radius 1 is 1.03 bits per heavy atom. The number of amides is 3. The molecule has 0 bridgehead atoms. The number of fused-ring (bicyclic) bond motifs is 2. The van der Waals surface area contributed by atoms with Crippen LogP contribution in [-0.4, -0.2) is 72.1 Å². The number of β-amino-alcohol motifs (C(OH)–C–C–N with tert-alkyl or cyclic N) is 1. The number of nitrogens with zero attached hydrogens (tertiary/aromatic N) is 1. The predicted molar refractivity (Wildman–Crippen MR) is 131 cm³/mol. The number of aliphatic hydroxyl groups excluding tert-OH is 1. The number of hydrogen-bond acceptors (Lipinski definition) is 5. The summed E-state index contributed by atoms with van der Waals surface area (Å²) >= 11 is 0. The van der Waals surface area contributed by atoms with Crippen LogP contribution in [0.25, 0.3) is 0 Å². The Hall–Kier alpha value is -3.01. The summed E-state index contributed by atoms with van der Waals surface area (Å²) in [4.78, 5) is 27.5. The molecule has 4 atom stereocenters. The minimum absolute atomic E-state index is 0.0376. The standard InChI is InChI=1S/C27H32FN3O5/c28-19-5-7-20(8-6-19)30-27(34)31-14-22(32)15-35-16-25-24(31)10-9-23(36-25)13-26(33)29-21-11-17-3-1-2-4-18(17)12-21/h1-8,21-25,32H,9-16H2,(H,29,33)(H,30,34)/t22-,23-,24+,25-/m0/s1. The third-order valence-corrected chi connectivity index (χ3v) is 7.17. The molecule has 0 spiro atoms. The van der Waals surface area contributed by atoms with Crippen LogP contribution in [0.2, 0.25) is 0 Å². The maximum atomic E-state index is 13.2. The van der Waals surface area contributed by atoms with Gasteiger partial charge in [0, 0.05) is 11.7 Å². The molecule has 0 radical (unpaired) electrons. The number of carbonyl (C=O) groups is 2. The summed E-state index contributed by atoms with van der Waals surface area (Å²) in [6.45, 7) is 0.392. The number of aliphatic hydroxyl groups is 1. The summed E-state index contributed by atoms with van der Waals surface area (Å²) in [6.07, 6.45) is 1.63. The molecule has 2 saturated heterocycles. The Labute approximate surface area is 209 Å². The Balaban J connectivity index is 1.18. The van der Waals surface area contributed by atoms with Gasteiger partial charge in [-0.15, -0.1) is 0 Å². The fourth-order valence-electron chi connectivity index (χ4n) is 5.46. The third-order valence-electron chi connectivity index (χ3n) is 7.17. The molecule has 9 heteroatoms. The fourth-order valence-corrected chi connectivity index (χ4v) is 5.46. The molecular formula is C27H32FN3O5. The predicted octanol–water partition coefficient (Wildman–Crippen LogP) is 2.64. The largest absolute Gasteiger partial charge is 0.389 e. The molecule has 8 nitrogen and oxygen atoms in total. The molecule has 36 heavy (non-hydrogen) atoms. The Kier molecular flexibility index (Phi) is 7.50. The highest BCUT2D eigenvalue weighted by Gasteiger charge is 2.40. The van der Waals surface area contributed by atoms with E-state index >= 15 is 0 Å². The maximum Gasteiger partial charge on any atom is 0.322 e. The van der Waals surface area contributed by atoms with E-state index in [4.69, 9.17) is 9.47 Å². The van der Waals surface area contributed by atoms with Gasteiger partial charge in [0.15, 0.2) is 0 Å². The normalized spacial score (nSPS) is 26.3. The van der Waals surface area contributed by atoms with Gasteiger partial charge >= 0.3 is 6.03 Å². The van der Waals surface area contributed by atoms with Gasteiger partial charge in [-0.2, -0.15) is 0 Å². The lowest BCUT2D eigenvalue weighted by molar-refractivity contribution is -0.150. The first-order chi connectivity index (χ1) is 17.4. The van der Waals surface area contributed by atoms with Gasteiger partial charge in [0.1, 0.15) is 11.9 Å². The number of carbonyl (C=O) groups excluding carboxylic acids is 2. The zero-order valence-corrected chi connectivity index (χ0v) is 20.1. The van der Waals surface area contributed by atoms with E-state index in [1.165, 1.54) is 35.4 Å². The smallest absolute Gasteiger partial charge is 0.322 e. The van der Waals surface area contributed by atoms with E-state index in [9.17, 15) is 19.1 Å². The van der Waals surface area contributed by atoms with Crippen LogP contribution in [0.5, 0.6) is 0 Å². The number of nitrogens with one attached hydrogen (secondary N) is 2. The molecule has 1 aliphatic carbocycles. The van der Waals surface area contributed by atoms with Crippen molar-refractivity contribution in [3.05, 3.63) is 65.5 Å². The summed E-state index contributed by atoms with van der Waals surface area (Å²) in [5.41, 5.74) is 3.03. The van der Waals surface area contributed by atoms with Gasteiger partial charge in [-0.1, -0.05) is 24.3 Å². The summed E-state index contributed by atoms with van der Waals surface area (Å²) in [5.74, 6) is -0.426. The Morgan fingerprint density at radius 2 is 1.75 bits per heavy atom. The van der Waals surface area contributed by atoms with Gasteiger partial charge in [-0.3, -0.25) is 4.79 Å². The van der Waals surface area contributed by atoms with Crippen molar-refractivity contribution >= 4 is 17.6 Å². The van der Waals surface area contributed by atoms with E-state index in [2.05, 4.69) is 22.8 Å².